The summed E-state index contributed by atoms with van der Waals surface area (Å²) in [6, 6.07) is 18.8. The Kier molecular flexibility index (Phi) is 5.20. The fourth-order valence-electron chi connectivity index (χ4n) is 3.14. The molecule has 9 heteroatoms. The van der Waals surface area contributed by atoms with E-state index in [2.05, 4.69) is 15.1 Å². The predicted molar refractivity (Wildman–Crippen MR) is 123 cm³/mol. The van der Waals surface area contributed by atoms with Gasteiger partial charge in [0.2, 0.25) is 19.1 Å². The van der Waals surface area contributed by atoms with E-state index in [-0.39, 0.29) is 10.1 Å². The van der Waals surface area contributed by atoms with Crippen LogP contribution in [0.4, 0.5) is 0 Å². The number of rotatable bonds is 6. The maximum atomic E-state index is 12.7. The molecule has 0 atom stereocenters. The Labute approximate surface area is 188 Å². The molecule has 160 valence electrons. The first-order valence-electron chi connectivity index (χ1n) is 9.79. The van der Waals surface area contributed by atoms with Crippen molar-refractivity contribution in [1.29, 1.82) is 0 Å². The van der Waals surface area contributed by atoms with E-state index in [1.54, 1.807) is 30.7 Å². The van der Waals surface area contributed by atoms with Crippen LogP contribution < -0.4 is 4.74 Å². The van der Waals surface area contributed by atoms with E-state index in [0.717, 1.165) is 28.4 Å². The normalized spacial score (nSPS) is 11.7. The van der Waals surface area contributed by atoms with Crippen LogP contribution in [0.25, 0.3) is 16.2 Å². The highest BCUT2D eigenvalue weighted by Crippen LogP contribution is 2.28. The Morgan fingerprint density at radius 3 is 2.25 bits per heavy atom. The zero-order chi connectivity index (χ0) is 22.1. The molecule has 3 aromatic heterocycles. The van der Waals surface area contributed by atoms with Crippen LogP contribution in [0.15, 0.2) is 83.6 Å². The highest BCUT2D eigenvalue weighted by atomic mass is 32.2. The summed E-state index contributed by atoms with van der Waals surface area (Å²) >= 11 is 1.06. The van der Waals surface area contributed by atoms with E-state index in [9.17, 15) is 8.42 Å². The molecule has 0 amide bonds. The van der Waals surface area contributed by atoms with Crippen LogP contribution in [-0.4, -0.2) is 28.0 Å². The van der Waals surface area contributed by atoms with Crippen molar-refractivity contribution < 1.29 is 13.2 Å². The predicted octanol–water partition coefficient (Wildman–Crippen LogP) is 4.93. The van der Waals surface area contributed by atoms with Crippen molar-refractivity contribution >= 4 is 26.1 Å². The number of aromatic nitrogens is 4. The molecule has 7 nitrogen and oxygen atoms in total. The zero-order valence-electron chi connectivity index (χ0n) is 17.0. The number of pyridine rings is 1. The second-order valence-electron chi connectivity index (χ2n) is 7.28. The van der Waals surface area contributed by atoms with E-state index in [4.69, 9.17) is 4.74 Å². The molecular formula is C23H18N4O3S2. The summed E-state index contributed by atoms with van der Waals surface area (Å²) in [5, 5.41) is 4.25. The van der Waals surface area contributed by atoms with Crippen LogP contribution in [0.2, 0.25) is 0 Å². The summed E-state index contributed by atoms with van der Waals surface area (Å²) in [5.74, 6) is 1.37. The van der Waals surface area contributed by atoms with Crippen molar-refractivity contribution in [2.75, 3.05) is 0 Å². The summed E-state index contributed by atoms with van der Waals surface area (Å²) in [6.45, 7) is 2.03. The lowest BCUT2D eigenvalue weighted by Crippen LogP contribution is -2.05. The average molecular weight is 463 g/mol. The van der Waals surface area contributed by atoms with Crippen LogP contribution >= 0.6 is 11.3 Å². The van der Waals surface area contributed by atoms with Crippen molar-refractivity contribution in [1.82, 2.24) is 19.6 Å². The minimum atomic E-state index is -3.56. The lowest BCUT2D eigenvalue weighted by molar-refractivity contribution is 0.482. The number of fused-ring (bicyclic) bond motifs is 1. The van der Waals surface area contributed by atoms with Gasteiger partial charge in [-0.3, -0.25) is 4.98 Å². The van der Waals surface area contributed by atoms with Crippen molar-refractivity contribution in [3.05, 3.63) is 90.4 Å². The Morgan fingerprint density at radius 1 is 0.938 bits per heavy atom. The van der Waals surface area contributed by atoms with Crippen LogP contribution in [0.3, 0.4) is 0 Å². The van der Waals surface area contributed by atoms with Crippen molar-refractivity contribution in [2.45, 2.75) is 17.0 Å². The minimum Gasteiger partial charge on any atom is -0.457 e. The van der Waals surface area contributed by atoms with Crippen LogP contribution in [0, 0.1) is 6.92 Å². The highest BCUT2D eigenvalue weighted by molar-refractivity contribution is 7.92. The smallest absolute Gasteiger partial charge is 0.232 e. The molecule has 2 aromatic carbocycles. The summed E-state index contributed by atoms with van der Waals surface area (Å²) in [7, 11) is -3.56. The molecule has 5 aromatic rings. The average Bonchev–Trinajstić information content (AvgIpc) is 3.37. The molecule has 0 aliphatic rings. The number of sulfone groups is 1. The van der Waals surface area contributed by atoms with Gasteiger partial charge in [-0.1, -0.05) is 29.0 Å². The van der Waals surface area contributed by atoms with Gasteiger partial charge in [-0.25, -0.2) is 17.9 Å². The molecule has 0 fully saturated rings. The summed E-state index contributed by atoms with van der Waals surface area (Å²) in [5.41, 5.74) is 3.44. The minimum absolute atomic E-state index is 0.0465. The number of ether oxygens (including phenoxy) is 1. The van der Waals surface area contributed by atoms with E-state index >= 15 is 0 Å². The molecule has 0 radical (unpaired) electrons. The Balaban J connectivity index is 1.34. The third kappa shape index (κ3) is 4.25. The van der Waals surface area contributed by atoms with Gasteiger partial charge >= 0.3 is 0 Å². The summed E-state index contributed by atoms with van der Waals surface area (Å²) in [6.07, 6.45) is 4.87. The number of nitrogens with zero attached hydrogens (tertiary/aromatic N) is 4. The second kappa shape index (κ2) is 8.18. The van der Waals surface area contributed by atoms with Crippen LogP contribution in [0.5, 0.6) is 11.5 Å². The zero-order valence-corrected chi connectivity index (χ0v) is 18.7. The third-order valence-corrected chi connectivity index (χ3v) is 7.86. The fraction of sp³-hybridized carbons (Fsp3) is 0.0870. The first-order valence-corrected chi connectivity index (χ1v) is 12.3. The molecule has 0 aliphatic carbocycles. The molecule has 0 N–H and O–H groups in total. The molecule has 0 unspecified atom stereocenters. The number of imidazole rings is 1. The lowest BCUT2D eigenvalue weighted by Gasteiger charge is -2.06. The summed E-state index contributed by atoms with van der Waals surface area (Å²) in [4.78, 5) is 8.99. The van der Waals surface area contributed by atoms with Crippen molar-refractivity contribution in [2.24, 2.45) is 0 Å². The first kappa shape index (κ1) is 20.3. The molecule has 5 rings (SSSR count). The molecule has 0 spiro atoms. The largest absolute Gasteiger partial charge is 0.457 e. The second-order valence-corrected chi connectivity index (χ2v) is 10.4. The molecule has 32 heavy (non-hydrogen) atoms. The van der Waals surface area contributed by atoms with E-state index in [1.807, 2.05) is 55.5 Å². The maximum Gasteiger partial charge on any atom is 0.232 e. The molecule has 0 bridgehead atoms. The van der Waals surface area contributed by atoms with E-state index in [1.165, 1.54) is 10.1 Å². The molecule has 0 saturated heterocycles. The fourth-order valence-corrected chi connectivity index (χ4v) is 5.63. The van der Waals surface area contributed by atoms with Gasteiger partial charge in [0.25, 0.3) is 0 Å². The Hall–Kier alpha value is -3.56. The number of benzene rings is 2. The van der Waals surface area contributed by atoms with Crippen molar-refractivity contribution in [3.8, 4) is 22.8 Å². The highest BCUT2D eigenvalue weighted by Gasteiger charge is 2.22. The van der Waals surface area contributed by atoms with Crippen LogP contribution in [0.1, 0.15) is 11.1 Å². The topological polar surface area (TPSA) is 86.5 Å². The number of hydrogen-bond donors (Lipinski definition) is 0. The monoisotopic (exact) mass is 462 g/mol. The van der Waals surface area contributed by atoms with E-state index < -0.39 is 9.84 Å². The van der Waals surface area contributed by atoms with Gasteiger partial charge in [0.1, 0.15) is 11.5 Å². The maximum absolute atomic E-state index is 12.7. The molecule has 3 heterocycles. The van der Waals surface area contributed by atoms with Crippen molar-refractivity contribution in [3.63, 3.8) is 0 Å². The van der Waals surface area contributed by atoms with Gasteiger partial charge in [-0.2, -0.15) is 0 Å². The van der Waals surface area contributed by atoms with Gasteiger partial charge < -0.3 is 4.74 Å². The molecule has 0 aliphatic heterocycles. The number of hydrogen-bond acceptors (Lipinski definition) is 7. The Bertz CT molecular complexity index is 1440. The first-order chi connectivity index (χ1) is 15.5. The summed E-state index contributed by atoms with van der Waals surface area (Å²) < 4.78 is 32.8. The van der Waals surface area contributed by atoms with Gasteiger partial charge in [0.15, 0.2) is 0 Å². The third-order valence-electron chi connectivity index (χ3n) is 4.80. The van der Waals surface area contributed by atoms with Gasteiger partial charge in [-0.15, -0.1) is 5.10 Å². The van der Waals surface area contributed by atoms with Crippen LogP contribution in [-0.2, 0) is 15.6 Å². The van der Waals surface area contributed by atoms with E-state index in [0.29, 0.717) is 16.2 Å². The quantitative estimate of drug-likeness (QED) is 0.356. The molecular weight excluding hydrogens is 444 g/mol. The Morgan fingerprint density at radius 2 is 1.59 bits per heavy atom. The van der Waals surface area contributed by atoms with Gasteiger partial charge in [-0.05, 0) is 61.0 Å². The number of aryl methyl sites for hydroxylation is 1. The molecule has 0 saturated carbocycles. The standard InChI is InChI=1S/C23H18N4O3S2/c1-16-2-6-19(7-3-16)30-20-8-4-18(5-9-20)21-14-27-22(25-21)31-23(26-27)32(28,29)15-17-10-12-24-13-11-17/h2-14H,15H2,1H3. The SMILES string of the molecule is Cc1ccc(Oc2ccc(-c3cn4nc(S(=O)(=O)Cc5ccncc5)sc4n3)cc2)cc1. The van der Waals surface area contributed by atoms with Gasteiger partial charge in [0, 0.05) is 18.0 Å². The lowest BCUT2D eigenvalue weighted by atomic mass is 10.1. The van der Waals surface area contributed by atoms with Gasteiger partial charge in [0.05, 0.1) is 17.6 Å².